The average Bonchev–Trinajstić information content (AvgIpc) is 3.56. The minimum Gasteiger partial charge on any atom is -0.486 e. The topological polar surface area (TPSA) is 104 Å². The average molecular weight is 561 g/mol. The summed E-state index contributed by atoms with van der Waals surface area (Å²) >= 11 is 0. The lowest BCUT2D eigenvalue weighted by Crippen LogP contribution is -2.34. The van der Waals surface area contributed by atoms with Crippen LogP contribution in [0.25, 0.3) is 22.2 Å². The molecule has 1 aliphatic rings. The summed E-state index contributed by atoms with van der Waals surface area (Å²) in [5.74, 6) is -2.04. The number of sulfonamides is 1. The van der Waals surface area contributed by atoms with Crippen LogP contribution in [-0.2, 0) is 21.4 Å². The van der Waals surface area contributed by atoms with Crippen LogP contribution in [0.4, 0.5) is 13.2 Å². The number of aryl methyl sites for hydroxylation is 1. The van der Waals surface area contributed by atoms with Gasteiger partial charge in [-0.15, -0.1) is 0 Å². The van der Waals surface area contributed by atoms with Gasteiger partial charge in [0.25, 0.3) is 0 Å². The third-order valence-electron chi connectivity index (χ3n) is 6.24. The normalized spacial score (nSPS) is 14.6. The molecule has 4 aromatic rings. The van der Waals surface area contributed by atoms with Crippen molar-refractivity contribution in [3.05, 3.63) is 72.3 Å². The van der Waals surface area contributed by atoms with Gasteiger partial charge in [0.1, 0.15) is 12.4 Å². The first-order chi connectivity index (χ1) is 18.5. The van der Waals surface area contributed by atoms with Crippen molar-refractivity contribution in [1.29, 1.82) is 0 Å². The molecule has 5 rings (SSSR count). The summed E-state index contributed by atoms with van der Waals surface area (Å²) in [6.07, 6.45) is 0.822. The van der Waals surface area contributed by atoms with Crippen molar-refractivity contribution >= 4 is 27.0 Å². The fourth-order valence-electron chi connectivity index (χ4n) is 4.36. The number of hydrogen-bond acceptors (Lipinski definition) is 7. The van der Waals surface area contributed by atoms with Crippen LogP contribution in [0.2, 0.25) is 0 Å². The predicted molar refractivity (Wildman–Crippen MR) is 134 cm³/mol. The van der Waals surface area contributed by atoms with Crippen LogP contribution >= 0.6 is 0 Å². The Hall–Kier alpha value is -3.97. The fraction of sp³-hybridized carbons (Fsp3) is 0.269. The minimum atomic E-state index is -5.23. The Kier molecular flexibility index (Phi) is 7.03. The van der Waals surface area contributed by atoms with Crippen molar-refractivity contribution in [2.45, 2.75) is 37.4 Å². The first kappa shape index (κ1) is 26.6. The summed E-state index contributed by atoms with van der Waals surface area (Å²) < 4.78 is 72.8. The summed E-state index contributed by atoms with van der Waals surface area (Å²) in [7, 11) is -3.62. The number of carbonyl (C=O) groups is 1. The molecule has 0 N–H and O–H groups in total. The molecule has 3 aromatic heterocycles. The third kappa shape index (κ3) is 5.45. The van der Waals surface area contributed by atoms with Crippen molar-refractivity contribution < 1.29 is 36.0 Å². The molecule has 0 unspecified atom stereocenters. The maximum absolute atomic E-state index is 13.1. The number of alkyl halides is 3. The summed E-state index contributed by atoms with van der Waals surface area (Å²) in [4.78, 5) is 24.8. The molecule has 0 atom stereocenters. The molecule has 9 nitrogen and oxygen atoms in total. The molecular formula is C26H23F3N4O5S. The first-order valence-corrected chi connectivity index (χ1v) is 13.4. The van der Waals surface area contributed by atoms with E-state index in [1.165, 1.54) is 34.9 Å². The summed E-state index contributed by atoms with van der Waals surface area (Å²) in [6.45, 7) is 2.50. The van der Waals surface area contributed by atoms with Crippen molar-refractivity contribution in [3.8, 4) is 16.9 Å². The zero-order chi connectivity index (χ0) is 27.8. The van der Waals surface area contributed by atoms with Crippen molar-refractivity contribution in [3.63, 3.8) is 0 Å². The van der Waals surface area contributed by atoms with E-state index in [1.54, 1.807) is 37.4 Å². The number of pyridine rings is 2. The van der Waals surface area contributed by atoms with E-state index in [4.69, 9.17) is 9.57 Å². The second-order valence-corrected chi connectivity index (χ2v) is 11.0. The number of benzene rings is 1. The molecule has 4 heterocycles. The van der Waals surface area contributed by atoms with E-state index < -0.39 is 22.2 Å². The van der Waals surface area contributed by atoms with Gasteiger partial charge >= 0.3 is 12.1 Å². The van der Waals surface area contributed by atoms with Gasteiger partial charge in [-0.25, -0.2) is 18.2 Å². The SMILES string of the molecule is Cc1cncc(OCc2cc3c(-c4ccc(S(=O)(=O)N5CCCC5)cc4)ccnc3n2OC(=O)C(F)(F)F)c1. The smallest absolute Gasteiger partial charge is 0.486 e. The first-order valence-electron chi connectivity index (χ1n) is 12.0. The van der Waals surface area contributed by atoms with Gasteiger partial charge < -0.3 is 9.57 Å². The lowest BCUT2D eigenvalue weighted by molar-refractivity contribution is -0.199. The van der Waals surface area contributed by atoms with E-state index in [9.17, 15) is 26.4 Å². The van der Waals surface area contributed by atoms with E-state index in [2.05, 4.69) is 9.97 Å². The second kappa shape index (κ2) is 10.3. The highest BCUT2D eigenvalue weighted by Crippen LogP contribution is 2.32. The molecular weight excluding hydrogens is 537 g/mol. The number of hydrogen-bond donors (Lipinski definition) is 0. The molecule has 0 radical (unpaired) electrons. The molecule has 0 aliphatic carbocycles. The van der Waals surface area contributed by atoms with Crippen LogP contribution in [-0.4, -0.2) is 52.7 Å². The summed E-state index contributed by atoms with van der Waals surface area (Å²) in [5, 5.41) is 0.378. The summed E-state index contributed by atoms with van der Waals surface area (Å²) in [5.41, 5.74) is 2.01. The fourth-order valence-corrected chi connectivity index (χ4v) is 5.88. The molecule has 204 valence electrons. The Bertz CT molecular complexity index is 1630. The Morgan fingerprint density at radius 3 is 2.44 bits per heavy atom. The van der Waals surface area contributed by atoms with E-state index in [0.29, 0.717) is 40.1 Å². The quantitative estimate of drug-likeness (QED) is 0.332. The Labute approximate surface area is 221 Å². The zero-order valence-electron chi connectivity index (χ0n) is 20.7. The molecule has 39 heavy (non-hydrogen) atoms. The van der Waals surface area contributed by atoms with Crippen molar-refractivity contribution in [2.75, 3.05) is 13.1 Å². The van der Waals surface area contributed by atoms with Crippen LogP contribution < -0.4 is 9.57 Å². The number of nitrogens with zero attached hydrogens (tertiary/aromatic N) is 4. The lowest BCUT2D eigenvalue weighted by Gasteiger charge is -2.15. The van der Waals surface area contributed by atoms with E-state index in [0.717, 1.165) is 18.4 Å². The highest BCUT2D eigenvalue weighted by molar-refractivity contribution is 7.89. The maximum Gasteiger partial charge on any atom is 0.493 e. The molecule has 0 spiro atoms. The number of aromatic nitrogens is 3. The number of ether oxygens (including phenoxy) is 1. The van der Waals surface area contributed by atoms with E-state index in [1.807, 2.05) is 0 Å². The molecule has 13 heteroatoms. The zero-order valence-corrected chi connectivity index (χ0v) is 21.5. The van der Waals surface area contributed by atoms with Crippen molar-refractivity contribution in [1.82, 2.24) is 19.0 Å². The monoisotopic (exact) mass is 560 g/mol. The van der Waals surface area contributed by atoms with Gasteiger partial charge in [-0.05, 0) is 66.8 Å². The van der Waals surface area contributed by atoms with Gasteiger partial charge in [-0.1, -0.05) is 12.1 Å². The van der Waals surface area contributed by atoms with E-state index in [-0.39, 0.29) is 22.8 Å². The Morgan fingerprint density at radius 2 is 1.77 bits per heavy atom. The van der Waals surface area contributed by atoms with Gasteiger partial charge in [0, 0.05) is 30.9 Å². The second-order valence-electron chi connectivity index (χ2n) is 9.02. The van der Waals surface area contributed by atoms with E-state index >= 15 is 0 Å². The Balaban J connectivity index is 1.53. The summed E-state index contributed by atoms with van der Waals surface area (Å²) in [6, 6.07) is 11.1. The van der Waals surface area contributed by atoms with Crippen LogP contribution in [0.5, 0.6) is 5.75 Å². The highest BCUT2D eigenvalue weighted by atomic mass is 32.2. The third-order valence-corrected chi connectivity index (χ3v) is 8.16. The number of rotatable bonds is 7. The van der Waals surface area contributed by atoms with Gasteiger partial charge in [0.15, 0.2) is 5.65 Å². The molecule has 1 saturated heterocycles. The van der Waals surface area contributed by atoms with Gasteiger partial charge in [-0.3, -0.25) is 4.98 Å². The Morgan fingerprint density at radius 1 is 1.05 bits per heavy atom. The van der Waals surface area contributed by atoms with Crippen LogP contribution in [0.15, 0.2) is 66.0 Å². The van der Waals surface area contributed by atoms with Crippen LogP contribution in [0.1, 0.15) is 24.1 Å². The molecule has 1 aromatic carbocycles. The number of carbonyl (C=O) groups excluding carboxylic acids is 1. The number of halogens is 3. The van der Waals surface area contributed by atoms with Crippen molar-refractivity contribution in [2.24, 2.45) is 0 Å². The van der Waals surface area contributed by atoms with Gasteiger partial charge in [-0.2, -0.15) is 22.2 Å². The molecule has 1 fully saturated rings. The maximum atomic E-state index is 13.1. The van der Waals surface area contributed by atoms with Gasteiger partial charge in [0.2, 0.25) is 10.0 Å². The highest BCUT2D eigenvalue weighted by Gasteiger charge is 2.42. The van der Waals surface area contributed by atoms with Gasteiger partial charge in [0.05, 0.1) is 16.8 Å². The predicted octanol–water partition coefficient (Wildman–Crippen LogP) is 4.29. The van der Waals surface area contributed by atoms with Crippen LogP contribution in [0.3, 0.4) is 0 Å². The minimum absolute atomic E-state index is 0.0418. The standard InChI is InChI=1S/C26H23F3N4O5S/c1-17-12-20(15-30-14-17)37-16-19-13-23-22(8-9-31-24(23)33(19)38-25(34)26(27,28)29)18-4-6-21(7-5-18)39(35,36)32-10-2-3-11-32/h4-9,12-15H,2-3,10-11,16H2,1H3. The number of fused-ring (bicyclic) bond motifs is 1. The molecule has 0 bridgehead atoms. The largest absolute Gasteiger partial charge is 0.493 e. The lowest BCUT2D eigenvalue weighted by atomic mass is 10.0. The molecule has 0 saturated carbocycles. The molecule has 0 amide bonds. The van der Waals surface area contributed by atoms with Crippen LogP contribution in [0, 0.1) is 6.92 Å². The molecule has 1 aliphatic heterocycles.